The van der Waals surface area contributed by atoms with Gasteiger partial charge in [-0.15, -0.1) is 0 Å². The number of unbranched alkanes of at least 4 members (excludes halogenated alkanes) is 53. The number of hydrogen-bond acceptors (Lipinski definition) is 15. The molecule has 3 unspecified atom stereocenters. The summed E-state index contributed by atoms with van der Waals surface area (Å²) < 4.78 is 68.9. The summed E-state index contributed by atoms with van der Waals surface area (Å²) in [6, 6.07) is 0. The average Bonchev–Trinajstić information content (AvgIpc) is 0.917. The lowest BCUT2D eigenvalue weighted by molar-refractivity contribution is -0.161. The van der Waals surface area contributed by atoms with Gasteiger partial charge in [0.2, 0.25) is 0 Å². The van der Waals surface area contributed by atoms with Gasteiger partial charge < -0.3 is 33.8 Å². The van der Waals surface area contributed by atoms with Gasteiger partial charge in [0.05, 0.1) is 26.4 Å². The van der Waals surface area contributed by atoms with E-state index in [0.717, 1.165) is 108 Å². The van der Waals surface area contributed by atoms with Gasteiger partial charge in [-0.05, 0) is 37.5 Å². The quantitative estimate of drug-likeness (QED) is 0.0222. The molecule has 618 valence electrons. The van der Waals surface area contributed by atoms with Gasteiger partial charge in [0.25, 0.3) is 0 Å². The number of phosphoric ester groups is 2. The number of phosphoric acid groups is 2. The number of aliphatic hydroxyl groups is 1. The molecule has 0 saturated heterocycles. The van der Waals surface area contributed by atoms with Crippen LogP contribution in [-0.2, 0) is 65.4 Å². The van der Waals surface area contributed by atoms with E-state index in [-0.39, 0.29) is 25.7 Å². The molecule has 0 aromatic carbocycles. The summed E-state index contributed by atoms with van der Waals surface area (Å²) in [6.07, 6.45) is 68.1. The van der Waals surface area contributed by atoms with E-state index in [1.54, 1.807) is 0 Å². The summed E-state index contributed by atoms with van der Waals surface area (Å²) in [7, 11) is -9.93. The first kappa shape index (κ1) is 102. The van der Waals surface area contributed by atoms with E-state index in [9.17, 15) is 43.2 Å². The Balaban J connectivity index is 5.23. The highest BCUT2D eigenvalue weighted by molar-refractivity contribution is 7.47. The number of rotatable bonds is 84. The summed E-state index contributed by atoms with van der Waals surface area (Å²) in [5.41, 5.74) is 0. The summed E-state index contributed by atoms with van der Waals surface area (Å²) in [4.78, 5) is 73.2. The largest absolute Gasteiger partial charge is 0.472 e. The van der Waals surface area contributed by atoms with Gasteiger partial charge in [-0.25, -0.2) is 9.13 Å². The summed E-state index contributed by atoms with van der Waals surface area (Å²) in [6.45, 7) is 9.66. The Bertz CT molecular complexity index is 2000. The minimum atomic E-state index is -4.97. The van der Waals surface area contributed by atoms with Crippen molar-refractivity contribution in [2.45, 2.75) is 471 Å². The number of carbonyl (C=O) groups is 4. The number of ether oxygens (including phenoxy) is 4. The molecule has 0 amide bonds. The number of carbonyl (C=O) groups excluding carboxylic acids is 4. The molecule has 6 atom stereocenters. The maximum atomic E-state index is 13.1. The van der Waals surface area contributed by atoms with Crippen LogP contribution in [0.2, 0.25) is 0 Å². The average molecular weight is 1520 g/mol. The number of hydrogen-bond donors (Lipinski definition) is 3. The van der Waals surface area contributed by atoms with Crippen LogP contribution in [0, 0.1) is 11.8 Å². The van der Waals surface area contributed by atoms with Crippen LogP contribution in [0.25, 0.3) is 0 Å². The second kappa shape index (κ2) is 76.4. The molecule has 0 aliphatic rings. The van der Waals surface area contributed by atoms with E-state index >= 15 is 0 Å². The highest BCUT2D eigenvalue weighted by Crippen LogP contribution is 2.45. The maximum absolute atomic E-state index is 13.1. The molecular formula is C85H166O17P2. The molecule has 0 aromatic heterocycles. The van der Waals surface area contributed by atoms with Crippen molar-refractivity contribution < 1.29 is 80.2 Å². The van der Waals surface area contributed by atoms with Crippen LogP contribution in [-0.4, -0.2) is 96.7 Å². The van der Waals surface area contributed by atoms with Crippen molar-refractivity contribution in [1.82, 2.24) is 0 Å². The van der Waals surface area contributed by atoms with Crippen molar-refractivity contribution in [2.24, 2.45) is 11.8 Å². The highest BCUT2D eigenvalue weighted by atomic mass is 31.2. The monoisotopic (exact) mass is 1520 g/mol. The summed E-state index contributed by atoms with van der Waals surface area (Å²) in [5.74, 6) is -0.564. The van der Waals surface area contributed by atoms with Gasteiger partial charge in [-0.1, -0.05) is 401 Å². The Hall–Kier alpha value is -1.94. The minimum Gasteiger partial charge on any atom is -0.462 e. The smallest absolute Gasteiger partial charge is 0.462 e. The van der Waals surface area contributed by atoms with E-state index in [4.69, 9.17) is 37.0 Å². The summed E-state index contributed by atoms with van der Waals surface area (Å²) in [5, 5.41) is 10.7. The van der Waals surface area contributed by atoms with Crippen molar-refractivity contribution in [3.63, 3.8) is 0 Å². The molecular weight excluding hydrogens is 1350 g/mol. The fourth-order valence-electron chi connectivity index (χ4n) is 13.2. The van der Waals surface area contributed by atoms with Gasteiger partial charge in [0.15, 0.2) is 12.2 Å². The molecule has 0 radical (unpaired) electrons. The van der Waals surface area contributed by atoms with Crippen molar-refractivity contribution >= 4 is 39.5 Å². The Morgan fingerprint density at radius 3 is 0.731 bits per heavy atom. The Labute approximate surface area is 638 Å². The maximum Gasteiger partial charge on any atom is 0.472 e. The third-order valence-electron chi connectivity index (χ3n) is 20.3. The molecule has 0 spiro atoms. The zero-order valence-electron chi connectivity index (χ0n) is 68.3. The Morgan fingerprint density at radius 1 is 0.279 bits per heavy atom. The molecule has 0 saturated carbocycles. The third-order valence-corrected chi connectivity index (χ3v) is 22.2. The molecule has 0 rings (SSSR count). The normalized spacial score (nSPS) is 14.1. The Kier molecular flexibility index (Phi) is 75.0. The van der Waals surface area contributed by atoms with E-state index in [0.29, 0.717) is 25.7 Å². The Morgan fingerprint density at radius 2 is 0.490 bits per heavy atom. The van der Waals surface area contributed by atoms with Gasteiger partial charge in [-0.3, -0.25) is 37.3 Å². The third kappa shape index (κ3) is 76.8. The first-order valence-electron chi connectivity index (χ1n) is 44.0. The summed E-state index contributed by atoms with van der Waals surface area (Å²) >= 11 is 0. The topological polar surface area (TPSA) is 237 Å². The first-order valence-corrected chi connectivity index (χ1v) is 47.0. The van der Waals surface area contributed by atoms with Crippen molar-refractivity contribution in [3.05, 3.63) is 0 Å². The van der Waals surface area contributed by atoms with E-state index in [2.05, 4.69) is 41.5 Å². The number of esters is 4. The molecule has 17 nitrogen and oxygen atoms in total. The molecule has 0 aliphatic heterocycles. The minimum absolute atomic E-state index is 0.108. The zero-order chi connectivity index (χ0) is 76.4. The van der Waals surface area contributed by atoms with Crippen LogP contribution in [0.3, 0.4) is 0 Å². The lowest BCUT2D eigenvalue weighted by atomic mass is 10.00. The van der Waals surface area contributed by atoms with Crippen LogP contribution < -0.4 is 0 Å². The van der Waals surface area contributed by atoms with Crippen LogP contribution in [0.5, 0.6) is 0 Å². The molecule has 104 heavy (non-hydrogen) atoms. The van der Waals surface area contributed by atoms with Crippen LogP contribution >= 0.6 is 15.6 Å². The van der Waals surface area contributed by atoms with Crippen molar-refractivity contribution in [3.8, 4) is 0 Å². The lowest BCUT2D eigenvalue weighted by Gasteiger charge is -2.21. The fraction of sp³-hybridized carbons (Fsp3) is 0.953. The predicted octanol–water partition coefficient (Wildman–Crippen LogP) is 25.8. The van der Waals surface area contributed by atoms with Crippen molar-refractivity contribution in [1.29, 1.82) is 0 Å². The lowest BCUT2D eigenvalue weighted by Crippen LogP contribution is -2.30. The SMILES string of the molecule is CCCCCCCCCCCCCCCCCCCCCC(=O)OC[C@H](COP(=O)(O)OC[C@@H](O)COP(=O)(O)OC[C@@H](COC(=O)CCCCCCCCC(C)CC)OC(=O)CCCCCCCCCCCCCCCCCC)OC(=O)CCCCCCCCCCCCCCCCCCC(C)C. The van der Waals surface area contributed by atoms with Gasteiger partial charge in [0, 0.05) is 25.7 Å². The number of aliphatic hydroxyl groups excluding tert-OH is 1. The van der Waals surface area contributed by atoms with E-state index in [1.165, 1.54) is 263 Å². The van der Waals surface area contributed by atoms with E-state index in [1.807, 2.05) is 0 Å². The fourth-order valence-corrected chi connectivity index (χ4v) is 14.8. The van der Waals surface area contributed by atoms with Gasteiger partial charge in [-0.2, -0.15) is 0 Å². The first-order chi connectivity index (χ1) is 50.4. The molecule has 0 aromatic rings. The highest BCUT2D eigenvalue weighted by Gasteiger charge is 2.30. The molecule has 3 N–H and O–H groups in total. The van der Waals surface area contributed by atoms with Gasteiger partial charge in [0.1, 0.15) is 19.3 Å². The standard InChI is InChI=1S/C85H166O17P2/c1-7-10-12-14-16-18-20-22-24-26-27-28-33-36-40-44-48-55-61-67-82(87)95-73-80(101-84(89)69-64-58-50-46-42-38-34-30-29-31-35-39-43-47-53-59-65-77(4)5)75-99-103(91,92)97-71-79(86)72-98-104(93,94)100-76-81(74-96-83(88)68-62-56-52-51-54-60-66-78(6)9-3)102-85(90)70-63-57-49-45-41-37-32-25-23-21-19-17-15-13-11-8-2/h77-81,86H,7-76H2,1-6H3,(H,91,92)(H,93,94)/t78?,79-,80-,81-/m1/s1. The van der Waals surface area contributed by atoms with Gasteiger partial charge >= 0.3 is 39.5 Å². The molecule has 0 fully saturated rings. The molecule has 0 bridgehead atoms. The van der Waals surface area contributed by atoms with Crippen LogP contribution in [0.15, 0.2) is 0 Å². The van der Waals surface area contributed by atoms with Crippen LogP contribution in [0.4, 0.5) is 0 Å². The molecule has 0 heterocycles. The predicted molar refractivity (Wildman–Crippen MR) is 428 cm³/mol. The second-order valence-corrected chi connectivity index (χ2v) is 34.2. The van der Waals surface area contributed by atoms with Crippen molar-refractivity contribution in [2.75, 3.05) is 39.6 Å². The molecule has 0 aliphatic carbocycles. The second-order valence-electron chi connectivity index (χ2n) is 31.3. The van der Waals surface area contributed by atoms with Crippen LogP contribution in [0.1, 0.15) is 452 Å². The molecule has 19 heteroatoms. The van der Waals surface area contributed by atoms with E-state index < -0.39 is 97.5 Å². The zero-order valence-corrected chi connectivity index (χ0v) is 70.1.